The molecule has 13 heavy (non-hydrogen) atoms. The highest BCUT2D eigenvalue weighted by atomic mass is 16.3. The van der Waals surface area contributed by atoms with E-state index >= 15 is 0 Å². The third kappa shape index (κ3) is 1.42. The molecule has 2 rings (SSSR count). The summed E-state index contributed by atoms with van der Waals surface area (Å²) in [5, 5.41) is 9.63. The summed E-state index contributed by atoms with van der Waals surface area (Å²) in [4.78, 5) is 0. The fourth-order valence-electron chi connectivity index (χ4n) is 2.17. The zero-order valence-corrected chi connectivity index (χ0v) is 7.66. The predicted octanol–water partition coefficient (Wildman–Crippen LogP) is 1.77. The second kappa shape index (κ2) is 3.38. The Kier molecular flexibility index (Phi) is 2.23. The first-order valence-electron chi connectivity index (χ1n) is 4.83. The van der Waals surface area contributed by atoms with Crippen LogP contribution >= 0.6 is 0 Å². The van der Waals surface area contributed by atoms with Gasteiger partial charge in [-0.1, -0.05) is 12.1 Å². The maximum absolute atomic E-state index is 9.63. The van der Waals surface area contributed by atoms with E-state index in [0.717, 1.165) is 24.8 Å². The highest BCUT2D eigenvalue weighted by molar-refractivity contribution is 5.42. The average molecular weight is 177 g/mol. The number of fused-ring (bicyclic) bond motifs is 1. The minimum absolute atomic E-state index is 0.440. The Labute approximate surface area is 78.4 Å². The third-order valence-corrected chi connectivity index (χ3v) is 2.89. The highest BCUT2D eigenvalue weighted by Gasteiger charge is 2.20. The van der Waals surface area contributed by atoms with Crippen molar-refractivity contribution in [2.45, 2.75) is 25.2 Å². The lowest BCUT2D eigenvalue weighted by molar-refractivity contribution is 0.454. The molecule has 2 nitrogen and oxygen atoms in total. The smallest absolute Gasteiger partial charge is 0.119 e. The van der Waals surface area contributed by atoms with E-state index in [1.807, 2.05) is 6.07 Å². The van der Waals surface area contributed by atoms with Crippen LogP contribution in [0, 0.1) is 0 Å². The van der Waals surface area contributed by atoms with Gasteiger partial charge in [0.05, 0.1) is 0 Å². The number of nitrogens with two attached hydrogens (primary N) is 1. The number of phenolic OH excluding ortho intramolecular Hbond substituents is 1. The standard InChI is InChI=1S/C11H15NO/c12-7-8-3-1-5-10-9(8)4-2-6-11(10)13/h2,4,6,8,13H,1,3,5,7,12H2. The first kappa shape index (κ1) is 8.57. The molecule has 0 amide bonds. The summed E-state index contributed by atoms with van der Waals surface area (Å²) in [5.74, 6) is 0.895. The molecular weight excluding hydrogens is 162 g/mol. The molecule has 1 aromatic carbocycles. The van der Waals surface area contributed by atoms with E-state index in [4.69, 9.17) is 5.73 Å². The van der Waals surface area contributed by atoms with Crippen LogP contribution in [0.3, 0.4) is 0 Å². The van der Waals surface area contributed by atoms with Crippen molar-refractivity contribution in [2.75, 3.05) is 6.54 Å². The SMILES string of the molecule is NCC1CCCc2c(O)cccc21. The lowest BCUT2D eigenvalue weighted by Crippen LogP contribution is -2.18. The molecule has 0 heterocycles. The van der Waals surface area contributed by atoms with Crippen LogP contribution in [-0.4, -0.2) is 11.7 Å². The van der Waals surface area contributed by atoms with Crippen LogP contribution in [0.1, 0.15) is 29.9 Å². The number of aromatic hydroxyl groups is 1. The summed E-state index contributed by atoms with van der Waals surface area (Å²) < 4.78 is 0. The van der Waals surface area contributed by atoms with Gasteiger partial charge in [-0.3, -0.25) is 0 Å². The van der Waals surface area contributed by atoms with E-state index in [1.54, 1.807) is 6.07 Å². The van der Waals surface area contributed by atoms with Gasteiger partial charge in [0.1, 0.15) is 5.75 Å². The zero-order valence-electron chi connectivity index (χ0n) is 7.66. The minimum atomic E-state index is 0.440. The molecule has 1 aliphatic rings. The van der Waals surface area contributed by atoms with Crippen LogP contribution in [0.15, 0.2) is 18.2 Å². The van der Waals surface area contributed by atoms with E-state index in [0.29, 0.717) is 18.2 Å². The van der Waals surface area contributed by atoms with E-state index in [1.165, 1.54) is 5.56 Å². The highest BCUT2D eigenvalue weighted by Crippen LogP contribution is 2.35. The normalized spacial score (nSPS) is 21.2. The molecule has 1 atom stereocenters. The molecule has 0 aromatic heterocycles. The molecule has 2 heteroatoms. The molecule has 0 radical (unpaired) electrons. The van der Waals surface area contributed by atoms with E-state index in [-0.39, 0.29) is 0 Å². The molecule has 1 aliphatic carbocycles. The fraction of sp³-hybridized carbons (Fsp3) is 0.455. The molecule has 0 saturated carbocycles. The van der Waals surface area contributed by atoms with Gasteiger partial charge in [-0.25, -0.2) is 0 Å². The Hall–Kier alpha value is -1.02. The minimum Gasteiger partial charge on any atom is -0.508 e. The number of hydrogen-bond acceptors (Lipinski definition) is 2. The molecule has 70 valence electrons. The molecule has 1 aromatic rings. The van der Waals surface area contributed by atoms with Gasteiger partial charge in [0.25, 0.3) is 0 Å². The Morgan fingerprint density at radius 1 is 1.46 bits per heavy atom. The summed E-state index contributed by atoms with van der Waals surface area (Å²) in [7, 11) is 0. The topological polar surface area (TPSA) is 46.2 Å². The van der Waals surface area contributed by atoms with Gasteiger partial charge in [-0.15, -0.1) is 0 Å². The molecule has 0 aliphatic heterocycles. The van der Waals surface area contributed by atoms with Gasteiger partial charge in [-0.2, -0.15) is 0 Å². The number of hydrogen-bond donors (Lipinski definition) is 2. The molecule has 0 bridgehead atoms. The van der Waals surface area contributed by atoms with Crippen molar-refractivity contribution in [1.29, 1.82) is 0 Å². The number of benzene rings is 1. The molecule has 0 fully saturated rings. The van der Waals surface area contributed by atoms with E-state index in [9.17, 15) is 5.11 Å². The van der Waals surface area contributed by atoms with Crippen LogP contribution in [0.25, 0.3) is 0 Å². The largest absolute Gasteiger partial charge is 0.508 e. The lowest BCUT2D eigenvalue weighted by atomic mass is 9.82. The van der Waals surface area contributed by atoms with Crippen molar-refractivity contribution in [1.82, 2.24) is 0 Å². The van der Waals surface area contributed by atoms with Crippen molar-refractivity contribution in [3.05, 3.63) is 29.3 Å². The molecule has 0 spiro atoms. The van der Waals surface area contributed by atoms with Gasteiger partial charge in [0, 0.05) is 0 Å². The van der Waals surface area contributed by atoms with Crippen molar-refractivity contribution < 1.29 is 5.11 Å². The Morgan fingerprint density at radius 3 is 3.08 bits per heavy atom. The Morgan fingerprint density at radius 2 is 2.31 bits per heavy atom. The summed E-state index contributed by atoms with van der Waals surface area (Å²) >= 11 is 0. The van der Waals surface area contributed by atoms with Crippen molar-refractivity contribution in [3.63, 3.8) is 0 Å². The fourth-order valence-corrected chi connectivity index (χ4v) is 2.17. The first-order chi connectivity index (χ1) is 6.33. The maximum Gasteiger partial charge on any atom is 0.119 e. The van der Waals surface area contributed by atoms with Crippen molar-refractivity contribution >= 4 is 0 Å². The second-order valence-corrected chi connectivity index (χ2v) is 3.67. The summed E-state index contributed by atoms with van der Waals surface area (Å²) in [5.41, 5.74) is 8.06. The quantitative estimate of drug-likeness (QED) is 0.686. The summed E-state index contributed by atoms with van der Waals surface area (Å²) in [6.07, 6.45) is 3.30. The Balaban J connectivity index is 2.45. The monoisotopic (exact) mass is 177 g/mol. The van der Waals surface area contributed by atoms with Gasteiger partial charge in [-0.05, 0) is 48.9 Å². The summed E-state index contributed by atoms with van der Waals surface area (Å²) in [6.45, 7) is 0.691. The molecule has 1 unspecified atom stereocenters. The van der Waals surface area contributed by atoms with Gasteiger partial charge < -0.3 is 10.8 Å². The summed E-state index contributed by atoms with van der Waals surface area (Å²) in [6, 6.07) is 5.76. The van der Waals surface area contributed by atoms with Crippen LogP contribution in [0.2, 0.25) is 0 Å². The molecular formula is C11H15NO. The second-order valence-electron chi connectivity index (χ2n) is 3.67. The third-order valence-electron chi connectivity index (χ3n) is 2.89. The van der Waals surface area contributed by atoms with E-state index < -0.39 is 0 Å². The predicted molar refractivity (Wildman–Crippen MR) is 52.8 cm³/mol. The van der Waals surface area contributed by atoms with Crippen LogP contribution < -0.4 is 5.73 Å². The zero-order chi connectivity index (χ0) is 9.26. The maximum atomic E-state index is 9.63. The van der Waals surface area contributed by atoms with E-state index in [2.05, 4.69) is 6.07 Å². The van der Waals surface area contributed by atoms with Gasteiger partial charge in [0.15, 0.2) is 0 Å². The number of phenols is 1. The number of rotatable bonds is 1. The van der Waals surface area contributed by atoms with Crippen molar-refractivity contribution in [3.8, 4) is 5.75 Å². The van der Waals surface area contributed by atoms with Crippen LogP contribution in [0.4, 0.5) is 0 Å². The molecule has 0 saturated heterocycles. The van der Waals surface area contributed by atoms with Gasteiger partial charge in [0.2, 0.25) is 0 Å². The van der Waals surface area contributed by atoms with Crippen LogP contribution in [0.5, 0.6) is 5.75 Å². The molecule has 3 N–H and O–H groups in total. The van der Waals surface area contributed by atoms with Crippen molar-refractivity contribution in [2.24, 2.45) is 5.73 Å². The average Bonchev–Trinajstić information content (AvgIpc) is 2.18. The van der Waals surface area contributed by atoms with Crippen LogP contribution in [-0.2, 0) is 6.42 Å². The first-order valence-corrected chi connectivity index (χ1v) is 4.83. The van der Waals surface area contributed by atoms with Gasteiger partial charge >= 0.3 is 0 Å². The Bertz CT molecular complexity index is 309. The lowest BCUT2D eigenvalue weighted by Gasteiger charge is -2.24.